The minimum Gasteiger partial charge on any atom is -0.309 e. The fourth-order valence-corrected chi connectivity index (χ4v) is 6.54. The summed E-state index contributed by atoms with van der Waals surface area (Å²) >= 11 is 0. The smallest absolute Gasteiger partial charge is 0.0541 e. The Bertz CT molecular complexity index is 2280. The minimum absolute atomic E-state index is 1.18. The van der Waals surface area contributed by atoms with Crippen molar-refractivity contribution in [1.82, 2.24) is 4.57 Å². The van der Waals surface area contributed by atoms with E-state index in [4.69, 9.17) is 0 Å². The Morgan fingerprint density at radius 2 is 1.05 bits per heavy atom. The van der Waals surface area contributed by atoms with E-state index in [0.29, 0.717) is 0 Å². The van der Waals surface area contributed by atoms with Crippen LogP contribution in [0.1, 0.15) is 11.1 Å². The zero-order valence-electron chi connectivity index (χ0n) is 23.2. The summed E-state index contributed by atoms with van der Waals surface area (Å²) in [6.45, 7) is 4.40. The van der Waals surface area contributed by atoms with E-state index < -0.39 is 0 Å². The summed E-state index contributed by atoms with van der Waals surface area (Å²) < 4.78 is 2.41. The lowest BCUT2D eigenvalue weighted by Gasteiger charge is -2.13. The van der Waals surface area contributed by atoms with Gasteiger partial charge in [0.1, 0.15) is 0 Å². The van der Waals surface area contributed by atoms with E-state index in [2.05, 4.69) is 158 Å². The molecule has 0 saturated heterocycles. The van der Waals surface area contributed by atoms with Crippen molar-refractivity contribution in [3.05, 3.63) is 151 Å². The van der Waals surface area contributed by atoms with Gasteiger partial charge in [-0.25, -0.2) is 0 Å². The normalized spacial score (nSPS) is 11.7. The maximum absolute atomic E-state index is 2.41. The Hall–Kier alpha value is -5.14. The van der Waals surface area contributed by atoms with Gasteiger partial charge in [-0.05, 0) is 105 Å². The van der Waals surface area contributed by atoms with E-state index in [0.717, 1.165) is 0 Å². The molecule has 0 aliphatic carbocycles. The average Bonchev–Trinajstić information content (AvgIpc) is 3.35. The van der Waals surface area contributed by atoms with E-state index in [9.17, 15) is 0 Å². The molecule has 0 amide bonds. The molecule has 41 heavy (non-hydrogen) atoms. The molecule has 7 aromatic carbocycles. The number of para-hydroxylation sites is 1. The first-order valence-corrected chi connectivity index (χ1v) is 14.3. The lowest BCUT2D eigenvalue weighted by atomic mass is 9.92. The van der Waals surface area contributed by atoms with Crippen molar-refractivity contribution >= 4 is 43.4 Å². The molecule has 1 heterocycles. The highest BCUT2D eigenvalue weighted by Gasteiger charge is 2.15. The van der Waals surface area contributed by atoms with E-state index in [1.54, 1.807) is 0 Å². The van der Waals surface area contributed by atoms with Gasteiger partial charge in [0.05, 0.1) is 11.0 Å². The first-order valence-electron chi connectivity index (χ1n) is 14.3. The highest BCUT2D eigenvalue weighted by atomic mass is 15.0. The lowest BCUT2D eigenvalue weighted by Crippen LogP contribution is -1.94. The first-order chi connectivity index (χ1) is 20.2. The number of hydrogen-bond acceptors (Lipinski definition) is 0. The molecular formula is C40H29N. The molecule has 0 aliphatic heterocycles. The highest BCUT2D eigenvalue weighted by molar-refractivity contribution is 6.12. The van der Waals surface area contributed by atoms with Gasteiger partial charge in [0.2, 0.25) is 0 Å². The zero-order chi connectivity index (χ0) is 27.5. The summed E-state index contributed by atoms with van der Waals surface area (Å²) in [5.74, 6) is 0. The second-order valence-electron chi connectivity index (χ2n) is 11.1. The van der Waals surface area contributed by atoms with Gasteiger partial charge in [0.15, 0.2) is 0 Å². The van der Waals surface area contributed by atoms with Crippen LogP contribution in [-0.4, -0.2) is 4.57 Å². The Labute approximate surface area is 239 Å². The third-order valence-corrected chi connectivity index (χ3v) is 8.67. The fraction of sp³-hybridized carbons (Fsp3) is 0.0500. The molecule has 1 aromatic heterocycles. The van der Waals surface area contributed by atoms with Crippen molar-refractivity contribution in [3.63, 3.8) is 0 Å². The average molecular weight is 524 g/mol. The summed E-state index contributed by atoms with van der Waals surface area (Å²) in [6.07, 6.45) is 0. The van der Waals surface area contributed by atoms with E-state index in [1.807, 2.05) is 0 Å². The van der Waals surface area contributed by atoms with Crippen LogP contribution in [0.25, 0.3) is 71.3 Å². The number of aromatic nitrogens is 1. The van der Waals surface area contributed by atoms with Crippen LogP contribution in [0.15, 0.2) is 140 Å². The van der Waals surface area contributed by atoms with E-state index in [1.165, 1.54) is 82.4 Å². The van der Waals surface area contributed by atoms with Crippen LogP contribution in [0.3, 0.4) is 0 Å². The zero-order valence-corrected chi connectivity index (χ0v) is 23.2. The van der Waals surface area contributed by atoms with Crippen LogP contribution in [0.5, 0.6) is 0 Å². The van der Waals surface area contributed by atoms with Gasteiger partial charge in [-0.2, -0.15) is 0 Å². The molecular weight excluding hydrogens is 494 g/mol. The van der Waals surface area contributed by atoms with Gasteiger partial charge in [-0.1, -0.05) is 103 Å². The topological polar surface area (TPSA) is 4.93 Å². The predicted molar refractivity (Wildman–Crippen MR) is 176 cm³/mol. The van der Waals surface area contributed by atoms with Gasteiger partial charge in [0, 0.05) is 16.5 Å². The van der Waals surface area contributed by atoms with Crippen LogP contribution in [0.4, 0.5) is 0 Å². The molecule has 0 N–H and O–H groups in total. The summed E-state index contributed by atoms with van der Waals surface area (Å²) in [6, 6.07) is 51.2. The van der Waals surface area contributed by atoms with Gasteiger partial charge >= 0.3 is 0 Å². The van der Waals surface area contributed by atoms with Crippen LogP contribution in [-0.2, 0) is 0 Å². The number of aryl methyl sites for hydroxylation is 2. The third-order valence-electron chi connectivity index (χ3n) is 8.67. The van der Waals surface area contributed by atoms with E-state index in [-0.39, 0.29) is 0 Å². The molecule has 0 radical (unpaired) electrons. The standard InChI is InChI=1S/C40H29N/c1-26-9-3-5-11-33(26)37-24-29(16-15-27(37)2)30-19-22-40-38(25-30)36-13-7-8-14-39(36)41(40)32-20-21-35-31(23-32)18-17-28-10-4-6-12-34(28)35/h3-25H,1-2H3. The van der Waals surface area contributed by atoms with Gasteiger partial charge < -0.3 is 4.57 Å². The lowest BCUT2D eigenvalue weighted by molar-refractivity contribution is 1.19. The maximum Gasteiger partial charge on any atom is 0.0541 e. The molecule has 8 aromatic rings. The Balaban J connectivity index is 1.32. The molecule has 8 rings (SSSR count). The van der Waals surface area contributed by atoms with Crippen molar-refractivity contribution in [2.24, 2.45) is 0 Å². The maximum atomic E-state index is 2.41. The molecule has 0 fully saturated rings. The largest absolute Gasteiger partial charge is 0.309 e. The molecule has 0 bridgehead atoms. The van der Waals surface area contributed by atoms with Gasteiger partial charge in [-0.3, -0.25) is 0 Å². The summed E-state index contributed by atoms with van der Waals surface area (Å²) in [5, 5.41) is 7.67. The quantitative estimate of drug-likeness (QED) is 0.203. The molecule has 0 atom stereocenters. The molecule has 194 valence electrons. The second kappa shape index (κ2) is 9.21. The number of hydrogen-bond donors (Lipinski definition) is 0. The highest BCUT2D eigenvalue weighted by Crippen LogP contribution is 2.37. The summed E-state index contributed by atoms with van der Waals surface area (Å²) in [5.41, 5.74) is 11.3. The number of nitrogens with zero attached hydrogens (tertiary/aromatic N) is 1. The van der Waals surface area contributed by atoms with Gasteiger partial charge in [0.25, 0.3) is 0 Å². The number of rotatable bonds is 3. The number of benzene rings is 7. The van der Waals surface area contributed by atoms with Crippen molar-refractivity contribution < 1.29 is 0 Å². The van der Waals surface area contributed by atoms with Crippen molar-refractivity contribution in [2.75, 3.05) is 0 Å². The third kappa shape index (κ3) is 3.77. The molecule has 0 unspecified atom stereocenters. The van der Waals surface area contributed by atoms with Crippen LogP contribution in [0, 0.1) is 13.8 Å². The summed E-state index contributed by atoms with van der Waals surface area (Å²) in [4.78, 5) is 0. The van der Waals surface area contributed by atoms with Crippen LogP contribution >= 0.6 is 0 Å². The Morgan fingerprint density at radius 3 is 1.95 bits per heavy atom. The molecule has 0 saturated carbocycles. The van der Waals surface area contributed by atoms with Crippen molar-refractivity contribution in [2.45, 2.75) is 13.8 Å². The molecule has 0 spiro atoms. The van der Waals surface area contributed by atoms with Gasteiger partial charge in [-0.15, -0.1) is 0 Å². The van der Waals surface area contributed by atoms with Crippen molar-refractivity contribution in [1.29, 1.82) is 0 Å². The number of fused-ring (bicyclic) bond motifs is 6. The predicted octanol–water partition coefficient (Wildman–Crippen LogP) is 11.0. The molecule has 1 heteroatoms. The minimum atomic E-state index is 1.18. The summed E-state index contributed by atoms with van der Waals surface area (Å²) in [7, 11) is 0. The van der Waals surface area contributed by atoms with Crippen molar-refractivity contribution in [3.8, 4) is 27.9 Å². The van der Waals surface area contributed by atoms with E-state index >= 15 is 0 Å². The second-order valence-corrected chi connectivity index (χ2v) is 11.1. The monoisotopic (exact) mass is 523 g/mol. The Kier molecular flexibility index (Phi) is 5.33. The molecule has 1 nitrogen and oxygen atoms in total. The van der Waals surface area contributed by atoms with Crippen LogP contribution in [0.2, 0.25) is 0 Å². The molecule has 0 aliphatic rings. The van der Waals surface area contributed by atoms with Crippen LogP contribution < -0.4 is 0 Å². The Morgan fingerprint density at radius 1 is 0.390 bits per heavy atom. The fourth-order valence-electron chi connectivity index (χ4n) is 6.54. The first kappa shape index (κ1) is 23.7. The SMILES string of the molecule is Cc1ccccc1-c1cc(-c2ccc3c(c2)c2ccccc2n3-c2ccc3c(ccc4ccccc43)c2)ccc1C.